The number of halogens is 4. The van der Waals surface area contributed by atoms with Crippen molar-refractivity contribution >= 4 is 35.0 Å². The Kier molecular flexibility index (Phi) is 6.07. The fourth-order valence-electron chi connectivity index (χ4n) is 1.96. The van der Waals surface area contributed by atoms with Gasteiger partial charge in [-0.05, 0) is 36.0 Å². The summed E-state index contributed by atoms with van der Waals surface area (Å²) in [5.41, 5.74) is -3.86. The van der Waals surface area contributed by atoms with Gasteiger partial charge in [-0.2, -0.15) is 13.2 Å². The minimum absolute atomic E-state index is 0.00482. The molecule has 0 fully saturated rings. The number of amides is 1. The summed E-state index contributed by atoms with van der Waals surface area (Å²) in [4.78, 5) is 12.3. The van der Waals surface area contributed by atoms with Gasteiger partial charge in [0.25, 0.3) is 5.91 Å². The Hall–Kier alpha value is -2.06. The third kappa shape index (κ3) is 5.20. The van der Waals surface area contributed by atoms with Crippen LogP contribution in [0.4, 0.5) is 18.9 Å². The van der Waals surface area contributed by atoms with Gasteiger partial charge in [0.2, 0.25) is 0 Å². The van der Waals surface area contributed by atoms with Gasteiger partial charge in [-0.25, -0.2) is 0 Å². The molecule has 0 spiro atoms. The van der Waals surface area contributed by atoms with Gasteiger partial charge in [0.05, 0.1) is 24.9 Å². The number of carbonyl (C=O) groups excluding carboxylic acids is 1. The van der Waals surface area contributed by atoms with Gasteiger partial charge in [-0.3, -0.25) is 4.79 Å². The number of thioether (sulfide) groups is 1. The van der Waals surface area contributed by atoms with Crippen molar-refractivity contribution in [3.63, 3.8) is 0 Å². The van der Waals surface area contributed by atoms with Crippen LogP contribution in [0.3, 0.4) is 0 Å². The SMILES string of the molecule is COc1cc(NC(=O)c2ccc(SC(F)(F)F)cc2)c(OC)cc1Cl. The minimum Gasteiger partial charge on any atom is -0.495 e. The lowest BCUT2D eigenvalue weighted by molar-refractivity contribution is -0.0328. The molecule has 0 bridgehead atoms. The van der Waals surface area contributed by atoms with E-state index in [1.807, 2.05) is 0 Å². The van der Waals surface area contributed by atoms with Crippen LogP contribution in [0.1, 0.15) is 10.4 Å². The number of anilines is 1. The van der Waals surface area contributed by atoms with Gasteiger partial charge in [0.15, 0.2) is 0 Å². The molecule has 0 heterocycles. The maximum Gasteiger partial charge on any atom is 0.446 e. The second-order valence-corrected chi connectivity index (χ2v) is 6.26. The molecule has 2 rings (SSSR count). The lowest BCUT2D eigenvalue weighted by atomic mass is 10.2. The number of benzene rings is 2. The molecule has 0 aliphatic carbocycles. The fraction of sp³-hybridized carbons (Fsp3) is 0.188. The highest BCUT2D eigenvalue weighted by molar-refractivity contribution is 8.00. The number of ether oxygens (including phenoxy) is 2. The molecule has 0 radical (unpaired) electrons. The van der Waals surface area contributed by atoms with E-state index in [4.69, 9.17) is 21.1 Å². The van der Waals surface area contributed by atoms with E-state index in [0.717, 1.165) is 0 Å². The molecule has 0 unspecified atom stereocenters. The summed E-state index contributed by atoms with van der Waals surface area (Å²) in [7, 11) is 2.84. The average molecular weight is 392 g/mol. The van der Waals surface area contributed by atoms with Gasteiger partial charge in [-0.1, -0.05) is 11.6 Å². The molecule has 0 aromatic heterocycles. The minimum atomic E-state index is -4.38. The summed E-state index contributed by atoms with van der Waals surface area (Å²) < 4.78 is 47.2. The zero-order chi connectivity index (χ0) is 18.6. The second kappa shape index (κ2) is 7.88. The zero-order valence-corrected chi connectivity index (χ0v) is 14.7. The summed E-state index contributed by atoms with van der Waals surface area (Å²) in [5, 5.41) is 2.93. The Morgan fingerprint density at radius 1 is 1.08 bits per heavy atom. The van der Waals surface area contributed by atoms with Crippen LogP contribution < -0.4 is 14.8 Å². The molecule has 2 aromatic carbocycles. The normalized spacial score (nSPS) is 11.1. The zero-order valence-electron chi connectivity index (χ0n) is 13.1. The van der Waals surface area contributed by atoms with E-state index in [1.54, 1.807) is 0 Å². The number of hydrogen-bond donors (Lipinski definition) is 1. The van der Waals surface area contributed by atoms with Gasteiger partial charge < -0.3 is 14.8 Å². The van der Waals surface area contributed by atoms with Gasteiger partial charge in [-0.15, -0.1) is 0 Å². The number of carbonyl (C=O) groups is 1. The maximum absolute atomic E-state index is 12.3. The Bertz CT molecular complexity index is 766. The Morgan fingerprint density at radius 3 is 2.20 bits per heavy atom. The second-order valence-electron chi connectivity index (χ2n) is 4.71. The molecule has 2 aromatic rings. The summed E-state index contributed by atoms with van der Waals surface area (Å²) in [5.74, 6) is 0.157. The van der Waals surface area contributed by atoms with Crippen molar-refractivity contribution in [1.82, 2.24) is 0 Å². The molecule has 0 saturated heterocycles. The topological polar surface area (TPSA) is 47.6 Å². The van der Waals surface area contributed by atoms with Crippen molar-refractivity contribution in [2.24, 2.45) is 0 Å². The molecule has 1 N–H and O–H groups in total. The highest BCUT2D eigenvalue weighted by Gasteiger charge is 2.29. The average Bonchev–Trinajstić information content (AvgIpc) is 2.55. The van der Waals surface area contributed by atoms with Crippen molar-refractivity contribution in [2.75, 3.05) is 19.5 Å². The first-order valence-corrected chi connectivity index (χ1v) is 8.01. The first kappa shape index (κ1) is 19.3. The van der Waals surface area contributed by atoms with Crippen LogP contribution in [0.25, 0.3) is 0 Å². The molecule has 1 amide bonds. The van der Waals surface area contributed by atoms with E-state index < -0.39 is 11.4 Å². The number of methoxy groups -OCH3 is 2. The molecular weight excluding hydrogens is 379 g/mol. The molecular formula is C16H13ClF3NO3S. The van der Waals surface area contributed by atoms with Gasteiger partial charge >= 0.3 is 5.51 Å². The fourth-order valence-corrected chi connectivity index (χ4v) is 2.73. The predicted molar refractivity (Wildman–Crippen MR) is 90.9 cm³/mol. The first-order chi connectivity index (χ1) is 11.7. The van der Waals surface area contributed by atoms with Crippen LogP contribution in [-0.2, 0) is 0 Å². The predicted octanol–water partition coefficient (Wildman–Crippen LogP) is 5.22. The van der Waals surface area contributed by atoms with E-state index >= 15 is 0 Å². The summed E-state index contributed by atoms with van der Waals surface area (Å²) in [6, 6.07) is 8.05. The molecule has 0 atom stereocenters. The molecule has 9 heteroatoms. The summed E-state index contributed by atoms with van der Waals surface area (Å²) in [6.07, 6.45) is 0. The third-order valence-electron chi connectivity index (χ3n) is 3.07. The standard InChI is InChI=1S/C16H13ClF3NO3S/c1-23-13-8-12(14(24-2)7-11(13)17)21-15(22)9-3-5-10(6-4-9)25-16(18,19)20/h3-8H,1-2H3,(H,21,22). The van der Waals surface area contributed by atoms with Gasteiger partial charge in [0.1, 0.15) is 11.5 Å². The number of nitrogens with one attached hydrogen (secondary N) is 1. The Balaban J connectivity index is 2.19. The lowest BCUT2D eigenvalue weighted by Crippen LogP contribution is -2.12. The van der Waals surface area contributed by atoms with Crippen LogP contribution in [-0.4, -0.2) is 25.6 Å². The van der Waals surface area contributed by atoms with Crippen LogP contribution in [0.2, 0.25) is 5.02 Å². The van der Waals surface area contributed by atoms with Crippen molar-refractivity contribution in [3.05, 3.63) is 47.0 Å². The van der Waals surface area contributed by atoms with Crippen LogP contribution in [0.15, 0.2) is 41.3 Å². The van der Waals surface area contributed by atoms with Crippen LogP contribution in [0, 0.1) is 0 Å². The quantitative estimate of drug-likeness (QED) is 0.710. The van der Waals surface area contributed by atoms with E-state index in [2.05, 4.69) is 5.32 Å². The number of hydrogen-bond acceptors (Lipinski definition) is 4. The maximum atomic E-state index is 12.3. The van der Waals surface area contributed by atoms with Crippen LogP contribution >= 0.6 is 23.4 Å². The first-order valence-electron chi connectivity index (χ1n) is 6.82. The number of alkyl halides is 3. The van der Waals surface area contributed by atoms with Crippen molar-refractivity contribution in [1.29, 1.82) is 0 Å². The van der Waals surface area contributed by atoms with E-state index in [-0.39, 0.29) is 22.2 Å². The molecule has 0 aliphatic heterocycles. The lowest BCUT2D eigenvalue weighted by Gasteiger charge is -2.13. The summed E-state index contributed by atoms with van der Waals surface area (Å²) >= 11 is 5.75. The van der Waals surface area contributed by atoms with Crippen molar-refractivity contribution < 1.29 is 27.4 Å². The smallest absolute Gasteiger partial charge is 0.446 e. The molecule has 4 nitrogen and oxygen atoms in total. The Morgan fingerprint density at radius 2 is 1.68 bits per heavy atom. The van der Waals surface area contributed by atoms with Crippen molar-refractivity contribution in [3.8, 4) is 11.5 Å². The molecule has 25 heavy (non-hydrogen) atoms. The number of rotatable bonds is 5. The molecule has 134 valence electrons. The van der Waals surface area contributed by atoms with Gasteiger partial charge in [0, 0.05) is 22.6 Å². The van der Waals surface area contributed by atoms with Crippen LogP contribution in [0.5, 0.6) is 11.5 Å². The third-order valence-corrected chi connectivity index (χ3v) is 4.11. The molecule has 0 aliphatic rings. The highest BCUT2D eigenvalue weighted by atomic mass is 35.5. The van der Waals surface area contributed by atoms with E-state index in [1.165, 1.54) is 50.6 Å². The monoisotopic (exact) mass is 391 g/mol. The Labute approximate surface area is 151 Å². The largest absolute Gasteiger partial charge is 0.495 e. The van der Waals surface area contributed by atoms with E-state index in [0.29, 0.717) is 22.2 Å². The van der Waals surface area contributed by atoms with E-state index in [9.17, 15) is 18.0 Å². The summed E-state index contributed by atoms with van der Waals surface area (Å²) in [6.45, 7) is 0. The molecule has 0 saturated carbocycles. The highest BCUT2D eigenvalue weighted by Crippen LogP contribution is 2.37. The van der Waals surface area contributed by atoms with Crippen molar-refractivity contribution in [2.45, 2.75) is 10.4 Å².